The molecule has 0 radical (unpaired) electrons. The lowest BCUT2D eigenvalue weighted by Gasteiger charge is -2.19. The van der Waals surface area contributed by atoms with E-state index >= 15 is 0 Å². The second kappa shape index (κ2) is 8.36. The molecule has 0 spiro atoms. The number of alkyl halides is 3. The molecule has 3 nitrogen and oxygen atoms in total. The first-order valence-corrected chi connectivity index (χ1v) is 8.22. The van der Waals surface area contributed by atoms with Gasteiger partial charge in [-0.2, -0.15) is 13.2 Å². The van der Waals surface area contributed by atoms with E-state index in [0.717, 1.165) is 16.5 Å². The van der Waals surface area contributed by atoms with E-state index in [0.29, 0.717) is 18.1 Å². The number of hydrogen-bond acceptors (Lipinski definition) is 1. The number of nitrogens with one attached hydrogen (secondary N) is 2. The first kappa shape index (κ1) is 19.3. The molecule has 2 N–H and O–H groups in total. The van der Waals surface area contributed by atoms with Crippen molar-refractivity contribution in [3.05, 3.63) is 64.7 Å². The molecule has 0 fully saturated rings. The molecule has 2 aromatic rings. The van der Waals surface area contributed by atoms with E-state index in [1.807, 2.05) is 25.1 Å². The van der Waals surface area contributed by atoms with Crippen LogP contribution >= 0.6 is 11.6 Å². The van der Waals surface area contributed by atoms with Gasteiger partial charge in [-0.15, -0.1) is 0 Å². The molecule has 0 heterocycles. The van der Waals surface area contributed by atoms with Crippen molar-refractivity contribution in [2.24, 2.45) is 0 Å². The molecule has 25 heavy (non-hydrogen) atoms. The molecule has 1 unspecified atom stereocenters. The van der Waals surface area contributed by atoms with Crippen molar-refractivity contribution in [3.63, 3.8) is 0 Å². The fraction of sp³-hybridized carbons (Fsp3) is 0.278. The van der Waals surface area contributed by atoms with Gasteiger partial charge in [0.1, 0.15) is 6.54 Å². The van der Waals surface area contributed by atoms with Crippen LogP contribution in [0.3, 0.4) is 0 Å². The normalized spacial score (nSPS) is 12.7. The van der Waals surface area contributed by atoms with Gasteiger partial charge in [0.05, 0.1) is 17.8 Å². The first-order valence-electron chi connectivity index (χ1n) is 7.84. The smallest absolute Gasteiger partial charge is 0.324 e. The van der Waals surface area contributed by atoms with Crippen LogP contribution in [0.5, 0.6) is 0 Å². The van der Waals surface area contributed by atoms with Crippen molar-refractivity contribution < 1.29 is 22.9 Å². The van der Waals surface area contributed by atoms with Crippen LogP contribution in [0, 0.1) is 0 Å². The van der Waals surface area contributed by atoms with Gasteiger partial charge in [0.2, 0.25) is 0 Å². The number of quaternary nitrogens is 1. The molecule has 7 heteroatoms. The van der Waals surface area contributed by atoms with Crippen LogP contribution in [0.1, 0.15) is 18.1 Å². The maximum atomic E-state index is 13.0. The molecule has 0 aromatic heterocycles. The monoisotopic (exact) mass is 371 g/mol. The molecule has 1 amide bonds. The molecule has 0 saturated heterocycles. The summed E-state index contributed by atoms with van der Waals surface area (Å²) < 4.78 is 39.0. The molecule has 1 atom stereocenters. The number of amides is 1. The lowest BCUT2D eigenvalue weighted by atomic mass is 10.1. The number of hydrogen-bond donors (Lipinski definition) is 2. The number of carbonyl (C=O) groups is 1. The van der Waals surface area contributed by atoms with E-state index in [2.05, 4.69) is 5.32 Å². The van der Waals surface area contributed by atoms with Crippen LogP contribution in [0.15, 0.2) is 48.5 Å². The summed E-state index contributed by atoms with van der Waals surface area (Å²) in [6, 6.07) is 12.3. The third-order valence-electron chi connectivity index (χ3n) is 3.82. The Labute approximate surface area is 149 Å². The zero-order chi connectivity index (χ0) is 18.4. The highest BCUT2D eigenvalue weighted by Crippen LogP contribution is 2.34. The van der Waals surface area contributed by atoms with Crippen LogP contribution in [-0.2, 0) is 17.5 Å². The predicted octanol–water partition coefficient (Wildman–Crippen LogP) is 3.40. The molecule has 134 valence electrons. The number of benzene rings is 2. The first-order chi connectivity index (χ1) is 11.8. The summed E-state index contributed by atoms with van der Waals surface area (Å²) in [7, 11) is 0. The lowest BCUT2D eigenvalue weighted by molar-refractivity contribution is -0.903. The van der Waals surface area contributed by atoms with Gasteiger partial charge in [0, 0.05) is 10.6 Å². The summed E-state index contributed by atoms with van der Waals surface area (Å²) in [5, 5.41) is 2.98. The van der Waals surface area contributed by atoms with Crippen LogP contribution in [0.25, 0.3) is 0 Å². The Kier molecular flexibility index (Phi) is 6.45. The Morgan fingerprint density at radius 1 is 1.12 bits per heavy atom. The van der Waals surface area contributed by atoms with E-state index in [-0.39, 0.29) is 12.2 Å². The standard InChI is InChI=1S/C18H18ClF3N2O/c1-2-24(11-13-7-3-5-9-15(13)19)12-17(25)23-16-10-6-4-8-14(16)18(20,21)22/h3-10H,2,11-12H2,1H3,(H,23,25)/p+1. The Bertz CT molecular complexity index is 734. The second-order valence-corrected chi connectivity index (χ2v) is 6.05. The van der Waals surface area contributed by atoms with Crippen molar-refractivity contribution in [3.8, 4) is 0 Å². The number of likely N-dealkylation sites (N-methyl/N-ethyl adjacent to an activating group) is 1. The maximum Gasteiger partial charge on any atom is 0.418 e. The Hall–Kier alpha value is -2.05. The van der Waals surface area contributed by atoms with Gasteiger partial charge in [0.25, 0.3) is 5.91 Å². The molecule has 0 aliphatic rings. The van der Waals surface area contributed by atoms with Gasteiger partial charge in [-0.25, -0.2) is 0 Å². The number of rotatable bonds is 6. The van der Waals surface area contributed by atoms with E-state index < -0.39 is 17.6 Å². The predicted molar refractivity (Wildman–Crippen MR) is 91.6 cm³/mol. The van der Waals surface area contributed by atoms with E-state index in [4.69, 9.17) is 11.6 Å². The van der Waals surface area contributed by atoms with Gasteiger partial charge in [-0.3, -0.25) is 4.79 Å². The summed E-state index contributed by atoms with van der Waals surface area (Å²) >= 11 is 6.12. The summed E-state index contributed by atoms with van der Waals surface area (Å²) in [4.78, 5) is 13.1. The lowest BCUT2D eigenvalue weighted by Crippen LogP contribution is -3.11. The molecular weight excluding hydrogens is 353 g/mol. The van der Waals surface area contributed by atoms with Crippen molar-refractivity contribution >= 4 is 23.2 Å². The summed E-state index contributed by atoms with van der Waals surface area (Å²) in [6.45, 7) is 3.11. The van der Waals surface area contributed by atoms with E-state index in [1.165, 1.54) is 18.2 Å². The number of carbonyl (C=O) groups excluding carboxylic acids is 1. The molecule has 2 aromatic carbocycles. The minimum Gasteiger partial charge on any atom is -0.324 e. The SMILES string of the molecule is CC[NH+](CC(=O)Nc1ccccc1C(F)(F)F)Cc1ccccc1Cl. The molecule has 0 aliphatic heterocycles. The van der Waals surface area contributed by atoms with Crippen molar-refractivity contribution in [1.82, 2.24) is 0 Å². The van der Waals surface area contributed by atoms with Gasteiger partial charge in [-0.1, -0.05) is 41.9 Å². The fourth-order valence-corrected chi connectivity index (χ4v) is 2.69. The maximum absolute atomic E-state index is 13.0. The number of anilines is 1. The highest BCUT2D eigenvalue weighted by molar-refractivity contribution is 6.31. The fourth-order valence-electron chi connectivity index (χ4n) is 2.48. The van der Waals surface area contributed by atoms with Crippen LogP contribution < -0.4 is 10.2 Å². The molecule has 0 bridgehead atoms. The zero-order valence-corrected chi connectivity index (χ0v) is 14.4. The summed E-state index contributed by atoms with van der Waals surface area (Å²) in [5.74, 6) is -0.472. The minimum atomic E-state index is -4.52. The third-order valence-corrected chi connectivity index (χ3v) is 4.18. The number of halogens is 4. The average Bonchev–Trinajstić information content (AvgIpc) is 2.55. The van der Waals surface area contributed by atoms with Crippen LogP contribution in [0.4, 0.5) is 18.9 Å². The Balaban J connectivity index is 2.05. The van der Waals surface area contributed by atoms with Crippen molar-refractivity contribution in [2.75, 3.05) is 18.4 Å². The third kappa shape index (κ3) is 5.47. The van der Waals surface area contributed by atoms with Crippen LogP contribution in [-0.4, -0.2) is 19.0 Å². The van der Waals surface area contributed by atoms with Gasteiger partial charge in [0.15, 0.2) is 6.54 Å². The quantitative estimate of drug-likeness (QED) is 0.801. The van der Waals surface area contributed by atoms with Crippen molar-refractivity contribution in [1.29, 1.82) is 0 Å². The molecule has 2 rings (SSSR count). The zero-order valence-electron chi connectivity index (χ0n) is 13.7. The van der Waals surface area contributed by atoms with Gasteiger partial charge < -0.3 is 10.2 Å². The largest absolute Gasteiger partial charge is 0.418 e. The molecule has 0 saturated carbocycles. The minimum absolute atomic E-state index is 0.0495. The summed E-state index contributed by atoms with van der Waals surface area (Å²) in [6.07, 6.45) is -4.52. The van der Waals surface area contributed by atoms with Gasteiger partial charge >= 0.3 is 6.18 Å². The van der Waals surface area contributed by atoms with Crippen molar-refractivity contribution in [2.45, 2.75) is 19.6 Å². The average molecular weight is 372 g/mol. The second-order valence-electron chi connectivity index (χ2n) is 5.64. The Morgan fingerprint density at radius 2 is 1.76 bits per heavy atom. The highest BCUT2D eigenvalue weighted by Gasteiger charge is 2.33. The van der Waals surface area contributed by atoms with E-state index in [1.54, 1.807) is 6.07 Å². The topological polar surface area (TPSA) is 33.5 Å². The molecule has 0 aliphatic carbocycles. The highest BCUT2D eigenvalue weighted by atomic mass is 35.5. The van der Waals surface area contributed by atoms with Crippen LogP contribution in [0.2, 0.25) is 5.02 Å². The van der Waals surface area contributed by atoms with E-state index in [9.17, 15) is 18.0 Å². The summed E-state index contributed by atoms with van der Waals surface area (Å²) in [5.41, 5.74) is -0.190. The number of para-hydroxylation sites is 1. The molecular formula is C18H19ClF3N2O+. The Morgan fingerprint density at radius 3 is 2.40 bits per heavy atom. The van der Waals surface area contributed by atoms with Gasteiger partial charge in [-0.05, 0) is 25.1 Å².